The van der Waals surface area contributed by atoms with Crippen LogP contribution in [0.4, 0.5) is 10.1 Å². The zero-order valence-electron chi connectivity index (χ0n) is 9.86. The van der Waals surface area contributed by atoms with Gasteiger partial charge in [0.05, 0.1) is 5.56 Å². The molecule has 0 fully saturated rings. The normalized spacial score (nSPS) is 10.3. The van der Waals surface area contributed by atoms with E-state index in [4.69, 9.17) is 10.2 Å². The van der Waals surface area contributed by atoms with Gasteiger partial charge in [-0.05, 0) is 30.4 Å². The Bertz CT molecular complexity index is 401. The summed E-state index contributed by atoms with van der Waals surface area (Å²) in [6.45, 7) is 0.781. The van der Waals surface area contributed by atoms with Crippen molar-refractivity contribution in [1.82, 2.24) is 0 Å². The molecule has 3 N–H and O–H groups in total. The number of halogens is 1. The lowest BCUT2D eigenvalue weighted by molar-refractivity contribution is 0.0697. The number of carbonyl (C=O) groups is 1. The predicted octanol–water partition coefficient (Wildman–Crippen LogP) is 2.05. The van der Waals surface area contributed by atoms with E-state index in [1.54, 1.807) is 11.8 Å². The average Bonchev–Trinajstić information content (AvgIpc) is 2.35. The first kappa shape index (κ1) is 14.8. The van der Waals surface area contributed by atoms with Crippen molar-refractivity contribution < 1.29 is 19.4 Å². The number of rotatable bonds is 8. The quantitative estimate of drug-likeness (QED) is 0.632. The van der Waals surface area contributed by atoms with Gasteiger partial charge in [-0.15, -0.1) is 0 Å². The average molecular weight is 273 g/mol. The Balaban J connectivity index is 2.44. The molecule has 0 atom stereocenters. The summed E-state index contributed by atoms with van der Waals surface area (Å²) in [7, 11) is 0. The Morgan fingerprint density at radius 1 is 1.39 bits per heavy atom. The number of anilines is 1. The third kappa shape index (κ3) is 4.93. The lowest BCUT2D eigenvalue weighted by Crippen LogP contribution is -2.10. The van der Waals surface area contributed by atoms with Crippen molar-refractivity contribution in [1.29, 1.82) is 0 Å². The summed E-state index contributed by atoms with van der Waals surface area (Å²) in [4.78, 5) is 10.9. The summed E-state index contributed by atoms with van der Waals surface area (Å²) < 4.78 is 12.9. The smallest absolute Gasteiger partial charge is 0.337 e. The van der Waals surface area contributed by atoms with Gasteiger partial charge < -0.3 is 15.5 Å². The molecule has 1 rings (SSSR count). The van der Waals surface area contributed by atoms with Crippen molar-refractivity contribution >= 4 is 23.4 Å². The Morgan fingerprint density at radius 2 is 2.17 bits per heavy atom. The molecular formula is C12H16FNO3S. The van der Waals surface area contributed by atoms with Crippen LogP contribution in [-0.2, 0) is 0 Å². The van der Waals surface area contributed by atoms with Crippen LogP contribution >= 0.6 is 11.8 Å². The molecule has 100 valence electrons. The summed E-state index contributed by atoms with van der Waals surface area (Å²) in [6.07, 6.45) is 0.752. The third-order valence-electron chi connectivity index (χ3n) is 2.22. The van der Waals surface area contributed by atoms with Crippen LogP contribution in [0.5, 0.6) is 0 Å². The van der Waals surface area contributed by atoms with E-state index in [0.29, 0.717) is 12.2 Å². The molecule has 0 bridgehead atoms. The Morgan fingerprint density at radius 3 is 2.83 bits per heavy atom. The summed E-state index contributed by atoms with van der Waals surface area (Å²) in [5, 5.41) is 20.5. The number of aliphatic hydroxyl groups excluding tert-OH is 1. The minimum Gasteiger partial charge on any atom is -0.478 e. The van der Waals surface area contributed by atoms with Gasteiger partial charge in [-0.25, -0.2) is 9.18 Å². The van der Waals surface area contributed by atoms with E-state index in [9.17, 15) is 9.18 Å². The maximum absolute atomic E-state index is 12.9. The lowest BCUT2D eigenvalue weighted by Gasteiger charge is -2.09. The van der Waals surface area contributed by atoms with Gasteiger partial charge in [0.15, 0.2) is 0 Å². The van der Waals surface area contributed by atoms with E-state index in [1.165, 1.54) is 12.1 Å². The highest BCUT2D eigenvalue weighted by Gasteiger charge is 2.10. The molecule has 0 aliphatic heterocycles. The zero-order chi connectivity index (χ0) is 13.4. The van der Waals surface area contributed by atoms with E-state index >= 15 is 0 Å². The molecule has 1 aromatic rings. The van der Waals surface area contributed by atoms with Crippen molar-refractivity contribution in [3.63, 3.8) is 0 Å². The molecule has 0 saturated carbocycles. The van der Waals surface area contributed by atoms with Gasteiger partial charge in [-0.1, -0.05) is 0 Å². The predicted molar refractivity (Wildman–Crippen MR) is 70.9 cm³/mol. The summed E-state index contributed by atoms with van der Waals surface area (Å²) in [5.74, 6) is -0.0377. The van der Waals surface area contributed by atoms with Gasteiger partial charge in [0.1, 0.15) is 5.82 Å². The van der Waals surface area contributed by atoms with E-state index in [0.717, 1.165) is 24.0 Å². The number of thioether (sulfide) groups is 1. The Hall–Kier alpha value is -1.27. The molecule has 0 radical (unpaired) electrons. The second kappa shape index (κ2) is 7.94. The maximum Gasteiger partial charge on any atom is 0.337 e. The molecule has 6 heteroatoms. The van der Waals surface area contributed by atoms with E-state index in [2.05, 4.69) is 5.32 Å². The molecule has 0 spiro atoms. The molecule has 0 aromatic heterocycles. The first-order valence-electron chi connectivity index (χ1n) is 5.60. The third-order valence-corrected chi connectivity index (χ3v) is 3.29. The van der Waals surface area contributed by atoms with E-state index in [-0.39, 0.29) is 12.2 Å². The molecule has 0 unspecified atom stereocenters. The largest absolute Gasteiger partial charge is 0.478 e. The van der Waals surface area contributed by atoms with Crippen LogP contribution in [0.1, 0.15) is 16.8 Å². The molecule has 1 aromatic carbocycles. The van der Waals surface area contributed by atoms with Crippen molar-refractivity contribution in [2.45, 2.75) is 6.42 Å². The number of nitrogens with one attached hydrogen (secondary N) is 1. The van der Waals surface area contributed by atoms with Crippen molar-refractivity contribution in [2.24, 2.45) is 0 Å². The minimum absolute atomic E-state index is 0.0599. The second-order valence-corrected chi connectivity index (χ2v) is 4.84. The molecule has 0 aliphatic carbocycles. The summed E-state index contributed by atoms with van der Waals surface area (Å²) in [5.41, 5.74) is 0.363. The summed E-state index contributed by atoms with van der Waals surface area (Å²) in [6, 6.07) is 3.66. The number of aromatic carboxylic acids is 1. The topological polar surface area (TPSA) is 69.6 Å². The van der Waals surface area contributed by atoms with Gasteiger partial charge in [-0.3, -0.25) is 0 Å². The Kier molecular flexibility index (Phi) is 6.53. The molecule has 4 nitrogen and oxygen atoms in total. The van der Waals surface area contributed by atoms with Crippen molar-refractivity contribution in [3.8, 4) is 0 Å². The molecule has 0 heterocycles. The van der Waals surface area contributed by atoms with E-state index < -0.39 is 11.8 Å². The van der Waals surface area contributed by atoms with Gasteiger partial charge in [-0.2, -0.15) is 11.8 Å². The Labute approximate surface area is 109 Å². The van der Waals surface area contributed by atoms with Crippen LogP contribution in [-0.4, -0.2) is 40.8 Å². The van der Waals surface area contributed by atoms with Crippen LogP contribution in [0, 0.1) is 5.82 Å². The number of aliphatic hydroxyl groups is 1. The molecule has 18 heavy (non-hydrogen) atoms. The fourth-order valence-electron chi connectivity index (χ4n) is 1.37. The number of hydrogen-bond donors (Lipinski definition) is 3. The SMILES string of the molecule is O=C(O)c1cc(F)ccc1NCCSCCCO. The lowest BCUT2D eigenvalue weighted by atomic mass is 10.1. The number of carboxylic acids is 1. The highest BCUT2D eigenvalue weighted by atomic mass is 32.2. The molecule has 0 saturated heterocycles. The van der Waals surface area contributed by atoms with Crippen molar-refractivity contribution in [3.05, 3.63) is 29.6 Å². The monoisotopic (exact) mass is 273 g/mol. The van der Waals surface area contributed by atoms with Crippen LogP contribution in [0.2, 0.25) is 0 Å². The number of hydrogen-bond acceptors (Lipinski definition) is 4. The van der Waals surface area contributed by atoms with Gasteiger partial charge in [0, 0.05) is 24.6 Å². The highest BCUT2D eigenvalue weighted by Crippen LogP contribution is 2.17. The second-order valence-electron chi connectivity index (χ2n) is 3.61. The number of benzene rings is 1. The molecule has 0 amide bonds. The maximum atomic E-state index is 12.9. The van der Waals surface area contributed by atoms with Crippen LogP contribution in [0.25, 0.3) is 0 Å². The highest BCUT2D eigenvalue weighted by molar-refractivity contribution is 7.99. The summed E-state index contributed by atoms with van der Waals surface area (Å²) >= 11 is 1.67. The van der Waals surface area contributed by atoms with Gasteiger partial charge >= 0.3 is 5.97 Å². The fraction of sp³-hybridized carbons (Fsp3) is 0.417. The van der Waals surface area contributed by atoms with Crippen LogP contribution in [0.15, 0.2) is 18.2 Å². The first-order chi connectivity index (χ1) is 8.65. The van der Waals surface area contributed by atoms with Crippen LogP contribution in [0.3, 0.4) is 0 Å². The number of carboxylic acid groups (broad SMARTS) is 1. The standard InChI is InChI=1S/C12H16FNO3S/c13-9-2-3-11(10(8-9)12(16)17)14-4-7-18-6-1-5-15/h2-3,8,14-15H,1,4-7H2,(H,16,17). The van der Waals surface area contributed by atoms with Crippen molar-refractivity contribution in [2.75, 3.05) is 30.0 Å². The molecule has 0 aliphatic rings. The zero-order valence-corrected chi connectivity index (χ0v) is 10.7. The van der Waals surface area contributed by atoms with Gasteiger partial charge in [0.2, 0.25) is 0 Å². The van der Waals surface area contributed by atoms with Crippen LogP contribution < -0.4 is 5.32 Å². The van der Waals surface area contributed by atoms with E-state index in [1.807, 2.05) is 0 Å². The fourth-order valence-corrected chi connectivity index (χ4v) is 2.16. The minimum atomic E-state index is -1.15. The van der Waals surface area contributed by atoms with Gasteiger partial charge in [0.25, 0.3) is 0 Å². The molecular weight excluding hydrogens is 257 g/mol. The first-order valence-corrected chi connectivity index (χ1v) is 6.76.